The molecule has 0 heterocycles. The molecule has 11 atom stereocenters. The molecule has 2 N–H and O–H groups in total. The third kappa shape index (κ3) is 7.22. The molecule has 280 valence electrons. The fourth-order valence-corrected chi connectivity index (χ4v) is 10.2. The molecule has 0 aromatic heterocycles. The van der Waals surface area contributed by atoms with Crippen LogP contribution in [0.15, 0.2) is 11.6 Å². The van der Waals surface area contributed by atoms with Gasteiger partial charge in [-0.3, -0.25) is 28.8 Å². The first kappa shape index (κ1) is 39.5. The van der Waals surface area contributed by atoms with E-state index in [0.717, 1.165) is 0 Å². The summed E-state index contributed by atoms with van der Waals surface area (Å²) in [5.74, 6) is -5.22. The van der Waals surface area contributed by atoms with Crippen LogP contribution in [0, 0.1) is 28.6 Å². The van der Waals surface area contributed by atoms with Crippen molar-refractivity contribution in [2.75, 3.05) is 0 Å². The fraction of sp³-hybridized carbons (Fsp3) is 0.784. The van der Waals surface area contributed by atoms with Gasteiger partial charge in [0, 0.05) is 51.9 Å². The molecule has 13 nitrogen and oxygen atoms in total. The number of hydrogen-bond acceptors (Lipinski definition) is 13. The quantitative estimate of drug-likeness (QED) is 0.248. The number of ketones is 1. The summed E-state index contributed by atoms with van der Waals surface area (Å²) in [4.78, 5) is 75.0. The molecule has 0 radical (unpaired) electrons. The van der Waals surface area contributed by atoms with E-state index in [0.29, 0.717) is 5.57 Å². The van der Waals surface area contributed by atoms with Crippen LogP contribution in [0.25, 0.3) is 0 Å². The van der Waals surface area contributed by atoms with Crippen molar-refractivity contribution in [3.63, 3.8) is 0 Å². The van der Waals surface area contributed by atoms with E-state index in [9.17, 15) is 39.0 Å². The number of ether oxygens (including phenoxy) is 5. The van der Waals surface area contributed by atoms with Crippen molar-refractivity contribution < 1.29 is 62.7 Å². The Bertz CT molecular complexity index is 1450. The molecule has 3 saturated carbocycles. The third-order valence-corrected chi connectivity index (χ3v) is 12.0. The maximum atomic E-state index is 14.1. The SMILES string of the molecule is CC(=O)OC1CC2C(=O)C=C3C(C(OC(C)=O)CC4(C)C(C(C)(O)C(CCC(C)(C)OC(C)=O)OC(C)=O)CCC34O)C2(C)CC1OC(C)=O. The Hall–Kier alpha value is -3.32. The van der Waals surface area contributed by atoms with Gasteiger partial charge in [0.1, 0.15) is 35.6 Å². The van der Waals surface area contributed by atoms with Crippen molar-refractivity contribution in [1.82, 2.24) is 0 Å². The molecule has 11 unspecified atom stereocenters. The topological polar surface area (TPSA) is 189 Å². The number of allylic oxidation sites excluding steroid dienone is 1. The van der Waals surface area contributed by atoms with Crippen molar-refractivity contribution in [2.45, 2.75) is 155 Å². The van der Waals surface area contributed by atoms with Gasteiger partial charge in [0.2, 0.25) is 0 Å². The first-order valence-electron chi connectivity index (χ1n) is 17.5. The van der Waals surface area contributed by atoms with Crippen LogP contribution < -0.4 is 0 Å². The van der Waals surface area contributed by atoms with E-state index in [1.807, 2.05) is 6.92 Å². The maximum Gasteiger partial charge on any atom is 0.303 e. The first-order chi connectivity index (χ1) is 22.9. The van der Waals surface area contributed by atoms with Crippen LogP contribution in [0.2, 0.25) is 0 Å². The molecule has 4 aliphatic rings. The van der Waals surface area contributed by atoms with Gasteiger partial charge in [-0.15, -0.1) is 0 Å². The maximum absolute atomic E-state index is 14.1. The number of fused-ring (bicyclic) bond motifs is 5. The highest BCUT2D eigenvalue weighted by Gasteiger charge is 2.72. The Labute approximate surface area is 293 Å². The zero-order valence-corrected chi connectivity index (χ0v) is 31.0. The van der Waals surface area contributed by atoms with E-state index in [1.54, 1.807) is 27.7 Å². The van der Waals surface area contributed by atoms with Gasteiger partial charge in [-0.25, -0.2) is 0 Å². The number of rotatable bonds is 10. The second-order valence-corrected chi connectivity index (χ2v) is 16.2. The second kappa shape index (κ2) is 13.7. The molecular weight excluding hydrogens is 652 g/mol. The van der Waals surface area contributed by atoms with E-state index >= 15 is 0 Å². The number of esters is 5. The highest BCUT2D eigenvalue weighted by Crippen LogP contribution is 2.69. The van der Waals surface area contributed by atoms with E-state index in [2.05, 4.69) is 0 Å². The molecule has 50 heavy (non-hydrogen) atoms. The monoisotopic (exact) mass is 706 g/mol. The summed E-state index contributed by atoms with van der Waals surface area (Å²) in [5, 5.41) is 25.3. The normalized spacial score (nSPS) is 36.6. The number of hydrogen-bond donors (Lipinski definition) is 2. The molecule has 4 rings (SSSR count). The van der Waals surface area contributed by atoms with Gasteiger partial charge < -0.3 is 33.9 Å². The van der Waals surface area contributed by atoms with Crippen molar-refractivity contribution in [2.24, 2.45) is 28.6 Å². The Morgan fingerprint density at radius 3 is 1.96 bits per heavy atom. The molecule has 0 bridgehead atoms. The largest absolute Gasteiger partial charge is 0.462 e. The van der Waals surface area contributed by atoms with Crippen LogP contribution in [0.1, 0.15) is 114 Å². The van der Waals surface area contributed by atoms with Gasteiger partial charge in [-0.05, 0) is 88.7 Å². The smallest absolute Gasteiger partial charge is 0.303 e. The summed E-state index contributed by atoms with van der Waals surface area (Å²) in [7, 11) is 0. The van der Waals surface area contributed by atoms with Gasteiger partial charge in [-0.1, -0.05) is 13.8 Å². The van der Waals surface area contributed by atoms with Crippen LogP contribution in [0.4, 0.5) is 0 Å². The molecule has 0 saturated heterocycles. The van der Waals surface area contributed by atoms with Gasteiger partial charge in [0.15, 0.2) is 5.78 Å². The minimum atomic E-state index is -1.72. The summed E-state index contributed by atoms with van der Waals surface area (Å²) < 4.78 is 28.4. The predicted octanol–water partition coefficient (Wildman–Crippen LogP) is 3.68. The predicted molar refractivity (Wildman–Crippen MR) is 176 cm³/mol. The highest BCUT2D eigenvalue weighted by atomic mass is 16.6. The number of aliphatic hydroxyl groups is 2. The standard InChI is InChI=1S/C37H54O13/c1-19(38)46-27-16-24-26(43)15-25-32(34(24,8)17-28(27)47-20(2)39)29(48-21(3)40)18-35(9)30(11-14-37(25,35)45)36(10,44)31(49-22(4)41)12-13-33(6,7)50-23(5)42/h15,24,27-32,44-45H,11-14,16-18H2,1-10H3. The zero-order valence-electron chi connectivity index (χ0n) is 31.0. The average molecular weight is 707 g/mol. The minimum Gasteiger partial charge on any atom is -0.462 e. The molecule has 0 spiro atoms. The molecule has 13 heteroatoms. The lowest BCUT2D eigenvalue weighted by Gasteiger charge is -2.62. The molecule has 0 aliphatic heterocycles. The van der Waals surface area contributed by atoms with Crippen molar-refractivity contribution in [3.8, 4) is 0 Å². The van der Waals surface area contributed by atoms with Crippen molar-refractivity contribution in [3.05, 3.63) is 11.6 Å². The van der Waals surface area contributed by atoms with Gasteiger partial charge in [0.25, 0.3) is 0 Å². The molecule has 0 aromatic carbocycles. The van der Waals surface area contributed by atoms with E-state index in [1.165, 1.54) is 40.7 Å². The molecule has 0 aromatic rings. The molecule has 3 fully saturated rings. The lowest BCUT2D eigenvalue weighted by molar-refractivity contribution is -0.214. The van der Waals surface area contributed by atoms with Crippen molar-refractivity contribution in [1.29, 1.82) is 0 Å². The van der Waals surface area contributed by atoms with Gasteiger partial charge >= 0.3 is 29.8 Å². The van der Waals surface area contributed by atoms with Crippen LogP contribution in [-0.2, 0) is 52.5 Å². The minimum absolute atomic E-state index is 0.0702. The Morgan fingerprint density at radius 1 is 0.860 bits per heavy atom. The lowest BCUT2D eigenvalue weighted by atomic mass is 9.44. The Balaban J connectivity index is 1.80. The van der Waals surface area contributed by atoms with Crippen LogP contribution in [0.3, 0.4) is 0 Å². The highest BCUT2D eigenvalue weighted by molar-refractivity contribution is 5.95. The molecule has 0 amide bonds. The summed E-state index contributed by atoms with van der Waals surface area (Å²) in [5.41, 5.74) is -6.08. The summed E-state index contributed by atoms with van der Waals surface area (Å²) in [6, 6.07) is 0. The van der Waals surface area contributed by atoms with Crippen LogP contribution >= 0.6 is 0 Å². The Morgan fingerprint density at radius 2 is 1.42 bits per heavy atom. The van der Waals surface area contributed by atoms with Gasteiger partial charge in [0.05, 0.1) is 5.60 Å². The summed E-state index contributed by atoms with van der Waals surface area (Å²) in [6.45, 7) is 15.0. The molecule has 4 aliphatic carbocycles. The summed E-state index contributed by atoms with van der Waals surface area (Å²) >= 11 is 0. The zero-order chi connectivity index (χ0) is 37.8. The van der Waals surface area contributed by atoms with E-state index in [4.69, 9.17) is 23.7 Å². The number of carbonyl (C=O) groups excluding carboxylic acids is 6. The van der Waals surface area contributed by atoms with E-state index < -0.39 is 99.6 Å². The fourth-order valence-electron chi connectivity index (χ4n) is 10.2. The lowest BCUT2D eigenvalue weighted by Crippen LogP contribution is -2.67. The number of carbonyl (C=O) groups is 6. The van der Waals surface area contributed by atoms with Crippen LogP contribution in [0.5, 0.6) is 0 Å². The summed E-state index contributed by atoms with van der Waals surface area (Å²) in [6.07, 6.45) is -1.15. The molecular formula is C37H54O13. The van der Waals surface area contributed by atoms with Crippen LogP contribution in [-0.4, -0.2) is 87.1 Å². The third-order valence-electron chi connectivity index (χ3n) is 12.0. The second-order valence-electron chi connectivity index (χ2n) is 16.2. The van der Waals surface area contributed by atoms with Crippen molar-refractivity contribution >= 4 is 35.6 Å². The Kier molecular flexibility index (Phi) is 10.8. The first-order valence-corrected chi connectivity index (χ1v) is 17.5. The van der Waals surface area contributed by atoms with Gasteiger partial charge in [-0.2, -0.15) is 0 Å². The average Bonchev–Trinajstić information content (AvgIpc) is 3.21. The van der Waals surface area contributed by atoms with E-state index in [-0.39, 0.29) is 50.7 Å².